The second-order valence-corrected chi connectivity index (χ2v) is 5.60. The molecular weight excluding hydrogens is 384 g/mol. The molecule has 0 aliphatic heterocycles. The molecule has 1 amide bonds. The third-order valence-corrected chi connectivity index (χ3v) is 3.78. The van der Waals surface area contributed by atoms with Gasteiger partial charge in [0.15, 0.2) is 0 Å². The number of anilines is 1. The van der Waals surface area contributed by atoms with Crippen molar-refractivity contribution < 1.29 is 33.5 Å². The summed E-state index contributed by atoms with van der Waals surface area (Å²) >= 11 is 0. The van der Waals surface area contributed by atoms with Crippen molar-refractivity contribution in [3.8, 4) is 5.75 Å². The van der Waals surface area contributed by atoms with Gasteiger partial charge in [-0.2, -0.15) is 0 Å². The molecule has 0 aliphatic carbocycles. The Bertz CT molecular complexity index is 971. The Morgan fingerprint density at radius 2 is 1.72 bits per heavy atom. The van der Waals surface area contributed by atoms with Gasteiger partial charge in [-0.3, -0.25) is 14.9 Å². The van der Waals surface area contributed by atoms with Crippen LogP contribution >= 0.6 is 0 Å². The summed E-state index contributed by atoms with van der Waals surface area (Å²) < 4.78 is 14.6. The highest BCUT2D eigenvalue weighted by Gasteiger charge is 2.21. The van der Waals surface area contributed by atoms with Crippen LogP contribution in [0.2, 0.25) is 0 Å². The number of rotatable bonds is 7. The highest BCUT2D eigenvalue weighted by molar-refractivity contribution is 6.09. The number of hydrogen-bond acceptors (Lipinski definition) is 8. The van der Waals surface area contributed by atoms with E-state index in [2.05, 4.69) is 5.32 Å². The zero-order chi connectivity index (χ0) is 21.6. The lowest BCUT2D eigenvalue weighted by molar-refractivity contribution is -0.384. The van der Waals surface area contributed by atoms with Gasteiger partial charge in [-0.05, 0) is 31.2 Å². The lowest BCUT2D eigenvalue weighted by Crippen LogP contribution is -2.17. The number of nitrogens with zero attached hydrogens (tertiary/aromatic N) is 1. The first-order chi connectivity index (χ1) is 13.8. The van der Waals surface area contributed by atoms with Crippen LogP contribution in [0.4, 0.5) is 11.4 Å². The van der Waals surface area contributed by atoms with Gasteiger partial charge in [0.1, 0.15) is 5.75 Å². The van der Waals surface area contributed by atoms with Crippen LogP contribution < -0.4 is 10.1 Å². The summed E-state index contributed by atoms with van der Waals surface area (Å²) in [6.07, 6.45) is 0. The molecule has 29 heavy (non-hydrogen) atoms. The number of ether oxygens (including phenoxy) is 3. The first kappa shape index (κ1) is 21.4. The van der Waals surface area contributed by atoms with Crippen LogP contribution in [-0.4, -0.2) is 43.6 Å². The van der Waals surface area contributed by atoms with E-state index in [0.717, 1.165) is 12.1 Å². The number of hydrogen-bond donors (Lipinski definition) is 1. The maximum absolute atomic E-state index is 12.7. The molecule has 2 aromatic rings. The topological polar surface area (TPSA) is 134 Å². The van der Waals surface area contributed by atoms with Gasteiger partial charge >= 0.3 is 11.9 Å². The lowest BCUT2D eigenvalue weighted by atomic mass is 10.1. The van der Waals surface area contributed by atoms with Crippen molar-refractivity contribution in [1.82, 2.24) is 0 Å². The molecule has 0 aliphatic rings. The van der Waals surface area contributed by atoms with E-state index in [-0.39, 0.29) is 29.0 Å². The number of carbonyl (C=O) groups is 3. The Balaban J connectivity index is 2.44. The number of benzene rings is 2. The molecule has 0 spiro atoms. The van der Waals surface area contributed by atoms with Gasteiger partial charge in [-0.15, -0.1) is 0 Å². The number of non-ortho nitro benzene ring substituents is 1. The summed E-state index contributed by atoms with van der Waals surface area (Å²) in [5.41, 5.74) is -0.630. The first-order valence-electron chi connectivity index (χ1n) is 8.35. The SMILES string of the molecule is CCOC(=O)c1cc(C(=O)Nc2ccc(OC)cc2C(=O)OC)cc([N+](=O)[O-])c1. The van der Waals surface area contributed by atoms with Crippen molar-refractivity contribution in [2.75, 3.05) is 26.1 Å². The van der Waals surface area contributed by atoms with Gasteiger partial charge in [0, 0.05) is 17.7 Å². The Kier molecular flexibility index (Phi) is 6.85. The fourth-order valence-corrected chi connectivity index (χ4v) is 2.41. The van der Waals surface area contributed by atoms with Crippen molar-refractivity contribution in [2.24, 2.45) is 0 Å². The summed E-state index contributed by atoms with van der Waals surface area (Å²) in [5, 5.41) is 13.7. The fourth-order valence-electron chi connectivity index (χ4n) is 2.41. The number of esters is 2. The minimum atomic E-state index is -0.801. The second kappa shape index (κ2) is 9.31. The summed E-state index contributed by atoms with van der Waals surface area (Å²) in [4.78, 5) is 47.1. The molecule has 10 nitrogen and oxygen atoms in total. The summed E-state index contributed by atoms with van der Waals surface area (Å²) in [7, 11) is 2.59. The van der Waals surface area contributed by atoms with E-state index in [1.807, 2.05) is 0 Å². The van der Waals surface area contributed by atoms with Crippen LogP contribution in [0.1, 0.15) is 38.0 Å². The summed E-state index contributed by atoms with van der Waals surface area (Å²) in [6, 6.07) is 7.51. The van der Waals surface area contributed by atoms with Gasteiger partial charge < -0.3 is 19.5 Å². The number of nitro benzene ring substituents is 1. The normalized spacial score (nSPS) is 10.0. The van der Waals surface area contributed by atoms with E-state index >= 15 is 0 Å². The zero-order valence-corrected chi connectivity index (χ0v) is 15.9. The van der Waals surface area contributed by atoms with Gasteiger partial charge in [-0.25, -0.2) is 9.59 Å². The number of carbonyl (C=O) groups excluding carboxylic acids is 3. The molecule has 0 saturated carbocycles. The van der Waals surface area contributed by atoms with Gasteiger partial charge in [0.2, 0.25) is 0 Å². The molecule has 0 bridgehead atoms. The molecule has 0 fully saturated rings. The van der Waals surface area contributed by atoms with Crippen molar-refractivity contribution in [3.63, 3.8) is 0 Å². The molecule has 0 unspecified atom stereocenters. The third kappa shape index (κ3) is 5.06. The maximum atomic E-state index is 12.7. The van der Waals surface area contributed by atoms with Crippen LogP contribution in [0.15, 0.2) is 36.4 Å². The predicted octanol–water partition coefficient (Wildman–Crippen LogP) is 2.82. The molecule has 2 rings (SSSR count). The third-order valence-electron chi connectivity index (χ3n) is 3.78. The molecule has 0 atom stereocenters. The highest BCUT2D eigenvalue weighted by atomic mass is 16.6. The second-order valence-electron chi connectivity index (χ2n) is 5.60. The molecule has 0 radical (unpaired) electrons. The molecule has 2 aromatic carbocycles. The van der Waals surface area contributed by atoms with Crippen molar-refractivity contribution in [1.29, 1.82) is 0 Å². The van der Waals surface area contributed by atoms with Crippen molar-refractivity contribution in [2.45, 2.75) is 6.92 Å². The summed E-state index contributed by atoms with van der Waals surface area (Å²) in [6.45, 7) is 1.65. The van der Waals surface area contributed by atoms with Gasteiger partial charge in [0.25, 0.3) is 11.6 Å². The number of amides is 1. The Hall–Kier alpha value is -3.95. The van der Waals surface area contributed by atoms with Crippen LogP contribution in [0.5, 0.6) is 5.75 Å². The smallest absolute Gasteiger partial charge is 0.340 e. The van der Waals surface area contributed by atoms with Crippen LogP contribution in [0.3, 0.4) is 0 Å². The molecule has 0 aromatic heterocycles. The van der Waals surface area contributed by atoms with E-state index < -0.39 is 28.5 Å². The number of methoxy groups -OCH3 is 2. The first-order valence-corrected chi connectivity index (χ1v) is 8.35. The largest absolute Gasteiger partial charge is 0.497 e. The van der Waals surface area contributed by atoms with E-state index in [9.17, 15) is 24.5 Å². The van der Waals surface area contributed by atoms with E-state index in [1.165, 1.54) is 38.5 Å². The average molecular weight is 402 g/mol. The minimum Gasteiger partial charge on any atom is -0.497 e. The lowest BCUT2D eigenvalue weighted by Gasteiger charge is -2.12. The van der Waals surface area contributed by atoms with E-state index in [1.54, 1.807) is 6.92 Å². The van der Waals surface area contributed by atoms with Crippen LogP contribution in [0.25, 0.3) is 0 Å². The molecule has 152 valence electrons. The zero-order valence-electron chi connectivity index (χ0n) is 15.9. The monoisotopic (exact) mass is 402 g/mol. The Labute approximate surface area is 165 Å². The number of nitrogens with one attached hydrogen (secondary N) is 1. The number of nitro groups is 1. The van der Waals surface area contributed by atoms with E-state index in [4.69, 9.17) is 14.2 Å². The van der Waals surface area contributed by atoms with Crippen LogP contribution in [-0.2, 0) is 9.47 Å². The van der Waals surface area contributed by atoms with Crippen LogP contribution in [0, 0.1) is 10.1 Å². The van der Waals surface area contributed by atoms with E-state index in [0.29, 0.717) is 5.75 Å². The molecule has 10 heteroatoms. The Morgan fingerprint density at radius 1 is 1.03 bits per heavy atom. The fraction of sp³-hybridized carbons (Fsp3) is 0.211. The van der Waals surface area contributed by atoms with Gasteiger partial charge in [-0.1, -0.05) is 0 Å². The molecule has 0 heterocycles. The quantitative estimate of drug-likeness (QED) is 0.424. The minimum absolute atomic E-state index is 0.0243. The Morgan fingerprint density at radius 3 is 2.31 bits per heavy atom. The predicted molar refractivity (Wildman–Crippen MR) is 101 cm³/mol. The standard InChI is InChI=1S/C19H18N2O8/c1-4-29-18(23)12-7-11(8-13(9-12)21(25)26)17(22)20-16-6-5-14(27-2)10-15(16)19(24)28-3/h5-10H,4H2,1-3H3,(H,20,22). The molecular formula is C19H18N2O8. The molecule has 0 saturated heterocycles. The van der Waals surface area contributed by atoms with Gasteiger partial charge in [0.05, 0.1) is 42.6 Å². The van der Waals surface area contributed by atoms with Crippen molar-refractivity contribution in [3.05, 3.63) is 63.2 Å². The maximum Gasteiger partial charge on any atom is 0.340 e. The highest BCUT2D eigenvalue weighted by Crippen LogP contribution is 2.25. The molecule has 1 N–H and O–H groups in total. The average Bonchev–Trinajstić information content (AvgIpc) is 2.73. The van der Waals surface area contributed by atoms with Crippen molar-refractivity contribution >= 4 is 29.2 Å². The summed E-state index contributed by atoms with van der Waals surface area (Å²) in [5.74, 6) is -1.92.